The fourth-order valence-electron chi connectivity index (χ4n) is 3.24. The number of morpholine rings is 1. The van der Waals surface area contributed by atoms with Crippen LogP contribution in [0, 0.1) is 11.5 Å². The van der Waals surface area contributed by atoms with Crippen LogP contribution < -0.4 is 5.32 Å². The molecule has 0 saturated carbocycles. The Morgan fingerprint density at radius 3 is 2.54 bits per heavy atom. The van der Waals surface area contributed by atoms with Crippen LogP contribution in [0.1, 0.15) is 18.4 Å². The molecule has 6 heteroatoms. The summed E-state index contributed by atoms with van der Waals surface area (Å²) in [5.41, 5.74) is 1.36. The first-order valence-electron chi connectivity index (χ1n) is 8.67. The quantitative estimate of drug-likeness (QED) is 0.394. The number of nitriles is 1. The Balaban J connectivity index is 1.53. The smallest absolute Gasteiger partial charge is 0.207 e. The summed E-state index contributed by atoms with van der Waals surface area (Å²) in [5, 5.41) is 11.8. The molecule has 1 aromatic carbocycles. The number of nitrogens with zero attached hydrogens (tertiary/aromatic N) is 4. The molecule has 128 valence electrons. The van der Waals surface area contributed by atoms with Crippen LogP contribution in [0.2, 0.25) is 0 Å². The van der Waals surface area contributed by atoms with Crippen molar-refractivity contribution in [2.45, 2.75) is 25.4 Å². The molecule has 2 saturated heterocycles. The van der Waals surface area contributed by atoms with Crippen molar-refractivity contribution in [1.29, 1.82) is 5.26 Å². The first kappa shape index (κ1) is 16.7. The topological polar surface area (TPSA) is 63.9 Å². The highest BCUT2D eigenvalue weighted by atomic mass is 16.5. The van der Waals surface area contributed by atoms with Gasteiger partial charge in [-0.15, -0.1) is 0 Å². The van der Waals surface area contributed by atoms with Gasteiger partial charge < -0.3 is 9.64 Å². The van der Waals surface area contributed by atoms with E-state index in [0.29, 0.717) is 19.2 Å². The molecular formula is C18H25N5O. The van der Waals surface area contributed by atoms with Crippen molar-refractivity contribution in [2.75, 3.05) is 39.4 Å². The Labute approximate surface area is 143 Å². The molecule has 0 atom stereocenters. The zero-order valence-corrected chi connectivity index (χ0v) is 14.0. The number of hydrogen-bond acceptors (Lipinski definition) is 4. The van der Waals surface area contributed by atoms with Crippen molar-refractivity contribution >= 4 is 5.96 Å². The zero-order chi connectivity index (χ0) is 16.6. The summed E-state index contributed by atoms with van der Waals surface area (Å²) < 4.78 is 5.37. The lowest BCUT2D eigenvalue weighted by Crippen LogP contribution is -2.47. The molecule has 0 aromatic heterocycles. The summed E-state index contributed by atoms with van der Waals surface area (Å²) in [6, 6.07) is 10.9. The van der Waals surface area contributed by atoms with Gasteiger partial charge in [-0.25, -0.2) is 4.99 Å². The van der Waals surface area contributed by atoms with Gasteiger partial charge in [0, 0.05) is 32.7 Å². The fraction of sp³-hybridized carbons (Fsp3) is 0.556. The number of aliphatic imine (C=N–C) groups is 1. The molecule has 2 aliphatic heterocycles. The van der Waals surface area contributed by atoms with E-state index >= 15 is 0 Å². The minimum Gasteiger partial charge on any atom is -0.378 e. The maximum atomic E-state index is 8.99. The lowest BCUT2D eigenvalue weighted by molar-refractivity contribution is 0.0665. The zero-order valence-electron chi connectivity index (χ0n) is 14.0. The predicted molar refractivity (Wildman–Crippen MR) is 93.3 cm³/mol. The van der Waals surface area contributed by atoms with E-state index in [1.165, 1.54) is 5.56 Å². The summed E-state index contributed by atoms with van der Waals surface area (Å²) in [6.07, 6.45) is 4.09. The SMILES string of the molecule is N#CN/C(=N\C1CCN(Cc2ccccc2)CC1)N1CCOCC1. The van der Waals surface area contributed by atoms with Crippen molar-refractivity contribution < 1.29 is 4.74 Å². The number of likely N-dealkylation sites (tertiary alicyclic amines) is 1. The van der Waals surface area contributed by atoms with E-state index in [2.05, 4.69) is 45.4 Å². The summed E-state index contributed by atoms with van der Waals surface area (Å²) in [4.78, 5) is 9.41. The number of hydrogen-bond donors (Lipinski definition) is 1. The highest BCUT2D eigenvalue weighted by Crippen LogP contribution is 2.17. The number of ether oxygens (including phenoxy) is 1. The molecule has 1 aromatic rings. The van der Waals surface area contributed by atoms with Crippen LogP contribution in [0.5, 0.6) is 0 Å². The van der Waals surface area contributed by atoms with Crippen LogP contribution in [0.3, 0.4) is 0 Å². The first-order chi connectivity index (χ1) is 11.8. The van der Waals surface area contributed by atoms with Gasteiger partial charge in [-0.3, -0.25) is 10.2 Å². The average Bonchev–Trinajstić information content (AvgIpc) is 2.64. The Kier molecular flexibility index (Phi) is 6.05. The fourth-order valence-corrected chi connectivity index (χ4v) is 3.24. The van der Waals surface area contributed by atoms with Crippen molar-refractivity contribution in [2.24, 2.45) is 4.99 Å². The Bertz CT molecular complexity index is 569. The highest BCUT2D eigenvalue weighted by molar-refractivity contribution is 5.81. The summed E-state index contributed by atoms with van der Waals surface area (Å²) in [7, 11) is 0. The van der Waals surface area contributed by atoms with Gasteiger partial charge in [0.05, 0.1) is 19.3 Å². The van der Waals surface area contributed by atoms with Gasteiger partial charge >= 0.3 is 0 Å². The van der Waals surface area contributed by atoms with Crippen LogP contribution >= 0.6 is 0 Å². The molecular weight excluding hydrogens is 302 g/mol. The molecule has 3 rings (SSSR count). The van der Waals surface area contributed by atoms with Crippen LogP contribution in [-0.4, -0.2) is 61.2 Å². The number of benzene rings is 1. The van der Waals surface area contributed by atoms with E-state index in [1.54, 1.807) is 0 Å². The maximum absolute atomic E-state index is 8.99. The van der Waals surface area contributed by atoms with Gasteiger partial charge in [-0.05, 0) is 18.4 Å². The van der Waals surface area contributed by atoms with E-state index < -0.39 is 0 Å². The molecule has 0 unspecified atom stereocenters. The van der Waals surface area contributed by atoms with Gasteiger partial charge in [-0.2, -0.15) is 5.26 Å². The van der Waals surface area contributed by atoms with Crippen molar-refractivity contribution in [3.05, 3.63) is 35.9 Å². The molecule has 2 aliphatic rings. The number of guanidine groups is 1. The standard InChI is InChI=1S/C18H25N5O/c19-15-20-18(23-10-12-24-13-11-23)21-17-6-8-22(9-7-17)14-16-4-2-1-3-5-16/h1-5,17H,6-14H2,(H,20,21). The second-order valence-electron chi connectivity index (χ2n) is 6.28. The third-order valence-corrected chi connectivity index (χ3v) is 4.59. The number of nitrogens with one attached hydrogen (secondary N) is 1. The van der Waals surface area contributed by atoms with E-state index in [9.17, 15) is 0 Å². The molecule has 0 amide bonds. The van der Waals surface area contributed by atoms with Crippen molar-refractivity contribution in [1.82, 2.24) is 15.1 Å². The normalized spacial score (nSPS) is 20.6. The minimum atomic E-state index is 0.288. The van der Waals surface area contributed by atoms with Gasteiger partial charge in [0.25, 0.3) is 0 Å². The van der Waals surface area contributed by atoms with Gasteiger partial charge in [-0.1, -0.05) is 30.3 Å². The average molecular weight is 327 g/mol. The summed E-state index contributed by atoms with van der Waals surface area (Å²) >= 11 is 0. The van der Waals surface area contributed by atoms with Gasteiger partial charge in [0.1, 0.15) is 0 Å². The molecule has 0 spiro atoms. The minimum absolute atomic E-state index is 0.288. The van der Waals surface area contributed by atoms with E-state index in [0.717, 1.165) is 45.6 Å². The molecule has 2 heterocycles. The Hall–Kier alpha value is -2.10. The molecule has 0 aliphatic carbocycles. The van der Waals surface area contributed by atoms with E-state index in [1.807, 2.05) is 6.19 Å². The largest absolute Gasteiger partial charge is 0.378 e. The van der Waals surface area contributed by atoms with Crippen LogP contribution in [0.25, 0.3) is 0 Å². The molecule has 24 heavy (non-hydrogen) atoms. The van der Waals surface area contributed by atoms with E-state index in [-0.39, 0.29) is 6.04 Å². The van der Waals surface area contributed by atoms with Crippen LogP contribution in [0.4, 0.5) is 0 Å². The molecule has 0 radical (unpaired) electrons. The Morgan fingerprint density at radius 1 is 1.17 bits per heavy atom. The van der Waals surface area contributed by atoms with Gasteiger partial charge in [0.15, 0.2) is 6.19 Å². The third-order valence-electron chi connectivity index (χ3n) is 4.59. The molecule has 2 fully saturated rings. The first-order valence-corrected chi connectivity index (χ1v) is 8.67. The number of piperidine rings is 1. The van der Waals surface area contributed by atoms with Crippen LogP contribution in [0.15, 0.2) is 35.3 Å². The van der Waals surface area contributed by atoms with Crippen molar-refractivity contribution in [3.63, 3.8) is 0 Å². The highest BCUT2D eigenvalue weighted by Gasteiger charge is 2.21. The second kappa shape index (κ2) is 8.67. The number of rotatable bonds is 3. The second-order valence-corrected chi connectivity index (χ2v) is 6.28. The van der Waals surface area contributed by atoms with E-state index in [4.69, 9.17) is 15.0 Å². The molecule has 0 bridgehead atoms. The summed E-state index contributed by atoms with van der Waals surface area (Å²) in [6.45, 7) is 6.08. The van der Waals surface area contributed by atoms with Crippen LogP contribution in [-0.2, 0) is 11.3 Å². The molecule has 6 nitrogen and oxygen atoms in total. The van der Waals surface area contributed by atoms with Crippen molar-refractivity contribution in [3.8, 4) is 6.19 Å². The lowest BCUT2D eigenvalue weighted by atomic mass is 10.0. The summed E-state index contributed by atoms with van der Waals surface area (Å²) in [5.74, 6) is 0.710. The maximum Gasteiger partial charge on any atom is 0.207 e. The van der Waals surface area contributed by atoms with Gasteiger partial charge in [0.2, 0.25) is 5.96 Å². The third kappa shape index (κ3) is 4.70. The Morgan fingerprint density at radius 2 is 1.88 bits per heavy atom. The lowest BCUT2D eigenvalue weighted by Gasteiger charge is -2.33. The monoisotopic (exact) mass is 327 g/mol. The molecule has 1 N–H and O–H groups in total. The predicted octanol–water partition coefficient (Wildman–Crippen LogP) is 1.41.